The van der Waals surface area contributed by atoms with Gasteiger partial charge >= 0.3 is 0 Å². The summed E-state index contributed by atoms with van der Waals surface area (Å²) in [4.78, 5) is 11.6. The van der Waals surface area contributed by atoms with Crippen molar-refractivity contribution < 1.29 is 4.79 Å². The summed E-state index contributed by atoms with van der Waals surface area (Å²) in [7, 11) is 1.84. The van der Waals surface area contributed by atoms with Crippen molar-refractivity contribution in [2.24, 2.45) is 5.92 Å². The van der Waals surface area contributed by atoms with Crippen LogP contribution in [0.4, 0.5) is 5.69 Å². The number of hydrogen-bond donors (Lipinski definition) is 2. The number of benzene rings is 1. The second kappa shape index (κ2) is 5.88. The van der Waals surface area contributed by atoms with E-state index in [1.807, 2.05) is 38.2 Å². The lowest BCUT2D eigenvalue weighted by molar-refractivity contribution is -0.119. The van der Waals surface area contributed by atoms with E-state index in [-0.39, 0.29) is 11.8 Å². The number of anilines is 1. The van der Waals surface area contributed by atoms with Crippen LogP contribution in [0.1, 0.15) is 6.92 Å². The Morgan fingerprint density at radius 1 is 1.40 bits per heavy atom. The lowest BCUT2D eigenvalue weighted by Crippen LogP contribution is -2.28. The third-order valence-electron chi connectivity index (χ3n) is 2.07. The van der Waals surface area contributed by atoms with Crippen molar-refractivity contribution in [3.8, 4) is 0 Å². The third kappa shape index (κ3) is 4.01. The highest BCUT2D eigenvalue weighted by Crippen LogP contribution is 2.14. The molecule has 0 saturated heterocycles. The zero-order valence-electron chi connectivity index (χ0n) is 8.88. The molecule has 1 amide bonds. The number of nitrogens with one attached hydrogen (secondary N) is 2. The van der Waals surface area contributed by atoms with Gasteiger partial charge in [0.1, 0.15) is 0 Å². The predicted molar refractivity (Wildman–Crippen MR) is 65.9 cm³/mol. The molecule has 1 rings (SSSR count). The van der Waals surface area contributed by atoms with Gasteiger partial charge in [0.15, 0.2) is 0 Å². The fraction of sp³-hybridized carbons (Fsp3) is 0.364. The summed E-state index contributed by atoms with van der Waals surface area (Å²) in [5.74, 6) is 0.00493. The molecule has 15 heavy (non-hydrogen) atoms. The van der Waals surface area contributed by atoms with Crippen molar-refractivity contribution >= 4 is 27.5 Å². The summed E-state index contributed by atoms with van der Waals surface area (Å²) in [5, 5.41) is 5.83. The highest BCUT2D eigenvalue weighted by atomic mass is 79.9. The van der Waals surface area contributed by atoms with Gasteiger partial charge in [0.05, 0.1) is 0 Å². The number of amides is 1. The molecule has 1 atom stereocenters. The first-order chi connectivity index (χ1) is 7.13. The van der Waals surface area contributed by atoms with E-state index >= 15 is 0 Å². The van der Waals surface area contributed by atoms with Crippen LogP contribution < -0.4 is 10.6 Å². The predicted octanol–water partition coefficient (Wildman–Crippen LogP) is 2.24. The average Bonchev–Trinajstić information content (AvgIpc) is 2.22. The van der Waals surface area contributed by atoms with Crippen molar-refractivity contribution in [3.05, 3.63) is 28.7 Å². The largest absolute Gasteiger partial charge is 0.326 e. The quantitative estimate of drug-likeness (QED) is 0.881. The summed E-state index contributed by atoms with van der Waals surface area (Å²) < 4.78 is 1.00. The molecule has 0 heterocycles. The van der Waals surface area contributed by atoms with E-state index in [0.717, 1.165) is 10.2 Å². The molecule has 0 fully saturated rings. The molecule has 0 aliphatic rings. The summed E-state index contributed by atoms with van der Waals surface area (Å²) in [5.41, 5.74) is 0.825. The number of carbonyl (C=O) groups is 1. The second-order valence-electron chi connectivity index (χ2n) is 3.45. The fourth-order valence-electron chi connectivity index (χ4n) is 1.20. The molecule has 0 spiro atoms. The molecule has 0 radical (unpaired) electrons. The van der Waals surface area contributed by atoms with Gasteiger partial charge in [-0.25, -0.2) is 0 Å². The minimum Gasteiger partial charge on any atom is -0.326 e. The normalized spacial score (nSPS) is 12.2. The van der Waals surface area contributed by atoms with Gasteiger partial charge in [-0.2, -0.15) is 0 Å². The Labute approximate surface area is 98.4 Å². The van der Waals surface area contributed by atoms with Gasteiger partial charge in [-0.15, -0.1) is 0 Å². The van der Waals surface area contributed by atoms with Crippen LogP contribution in [0.25, 0.3) is 0 Å². The smallest absolute Gasteiger partial charge is 0.228 e. The Hall–Kier alpha value is -0.870. The first-order valence-electron chi connectivity index (χ1n) is 4.84. The van der Waals surface area contributed by atoms with Gasteiger partial charge in [-0.3, -0.25) is 4.79 Å². The summed E-state index contributed by atoms with van der Waals surface area (Å²) in [6.45, 7) is 2.58. The van der Waals surface area contributed by atoms with Crippen LogP contribution in [0.5, 0.6) is 0 Å². The van der Waals surface area contributed by atoms with E-state index < -0.39 is 0 Å². The molecule has 0 aromatic heterocycles. The third-order valence-corrected chi connectivity index (χ3v) is 2.60. The molecule has 1 aromatic rings. The Bertz CT molecular complexity index is 324. The number of halogens is 1. The molecule has 82 valence electrons. The van der Waals surface area contributed by atoms with E-state index in [1.54, 1.807) is 0 Å². The molecule has 2 N–H and O–H groups in total. The van der Waals surface area contributed by atoms with Crippen LogP contribution in [0, 0.1) is 5.92 Å². The molecule has 0 aliphatic carbocycles. The van der Waals surface area contributed by atoms with Crippen LogP contribution >= 0.6 is 15.9 Å². The molecule has 1 unspecified atom stereocenters. The van der Waals surface area contributed by atoms with Crippen LogP contribution in [-0.2, 0) is 4.79 Å². The monoisotopic (exact) mass is 270 g/mol. The van der Waals surface area contributed by atoms with Gasteiger partial charge in [0, 0.05) is 22.6 Å². The zero-order chi connectivity index (χ0) is 11.3. The van der Waals surface area contributed by atoms with Crippen LogP contribution in [-0.4, -0.2) is 19.5 Å². The van der Waals surface area contributed by atoms with Gasteiger partial charge in [-0.1, -0.05) is 22.9 Å². The minimum atomic E-state index is -0.0290. The van der Waals surface area contributed by atoms with Crippen LogP contribution in [0.2, 0.25) is 0 Å². The van der Waals surface area contributed by atoms with Gasteiger partial charge in [0.2, 0.25) is 5.91 Å². The molecule has 1 aromatic carbocycles. The van der Waals surface area contributed by atoms with Crippen molar-refractivity contribution in [1.82, 2.24) is 5.32 Å². The molecule has 3 nitrogen and oxygen atoms in total. The molecule has 4 heteroatoms. The highest BCUT2D eigenvalue weighted by Gasteiger charge is 2.11. The topological polar surface area (TPSA) is 41.1 Å². The first kappa shape index (κ1) is 12.2. The second-order valence-corrected chi connectivity index (χ2v) is 4.37. The molecular weight excluding hydrogens is 256 g/mol. The summed E-state index contributed by atoms with van der Waals surface area (Å²) in [6, 6.07) is 7.54. The Kier molecular flexibility index (Phi) is 4.78. The van der Waals surface area contributed by atoms with Gasteiger partial charge in [0.25, 0.3) is 0 Å². The molecule has 0 bridgehead atoms. The first-order valence-corrected chi connectivity index (χ1v) is 5.64. The van der Waals surface area contributed by atoms with Crippen LogP contribution in [0.15, 0.2) is 28.7 Å². The van der Waals surface area contributed by atoms with Crippen LogP contribution in [0.3, 0.4) is 0 Å². The average molecular weight is 271 g/mol. The van der Waals surface area contributed by atoms with E-state index in [1.165, 1.54) is 0 Å². The maximum Gasteiger partial charge on any atom is 0.228 e. The maximum absolute atomic E-state index is 11.6. The van der Waals surface area contributed by atoms with Gasteiger partial charge < -0.3 is 10.6 Å². The Balaban J connectivity index is 2.54. The van der Waals surface area contributed by atoms with E-state index in [2.05, 4.69) is 26.6 Å². The lowest BCUT2D eigenvalue weighted by Gasteiger charge is -2.11. The van der Waals surface area contributed by atoms with Crippen molar-refractivity contribution in [2.75, 3.05) is 18.9 Å². The minimum absolute atomic E-state index is 0.0290. The number of hydrogen-bond acceptors (Lipinski definition) is 2. The van der Waals surface area contributed by atoms with Crippen molar-refractivity contribution in [2.45, 2.75) is 6.92 Å². The Morgan fingerprint density at radius 2 is 2.00 bits per heavy atom. The van der Waals surface area contributed by atoms with E-state index in [9.17, 15) is 4.79 Å². The fourth-order valence-corrected chi connectivity index (χ4v) is 1.46. The van der Waals surface area contributed by atoms with E-state index in [4.69, 9.17) is 0 Å². The maximum atomic E-state index is 11.6. The standard InChI is InChI=1S/C11H15BrN2O/c1-8(7-13-2)11(15)14-10-5-3-9(12)4-6-10/h3-6,8,13H,7H2,1-2H3,(H,14,15). The zero-order valence-corrected chi connectivity index (χ0v) is 10.5. The van der Waals surface area contributed by atoms with E-state index in [0.29, 0.717) is 6.54 Å². The molecule has 0 aliphatic heterocycles. The Morgan fingerprint density at radius 3 is 2.53 bits per heavy atom. The number of carbonyl (C=O) groups excluding carboxylic acids is 1. The lowest BCUT2D eigenvalue weighted by atomic mass is 10.1. The van der Waals surface area contributed by atoms with Crippen molar-refractivity contribution in [1.29, 1.82) is 0 Å². The highest BCUT2D eigenvalue weighted by molar-refractivity contribution is 9.10. The van der Waals surface area contributed by atoms with Gasteiger partial charge in [-0.05, 0) is 31.3 Å². The summed E-state index contributed by atoms with van der Waals surface area (Å²) in [6.07, 6.45) is 0. The van der Waals surface area contributed by atoms with Crippen molar-refractivity contribution in [3.63, 3.8) is 0 Å². The number of rotatable bonds is 4. The summed E-state index contributed by atoms with van der Waals surface area (Å²) >= 11 is 3.34. The molecule has 0 saturated carbocycles. The molecular formula is C11H15BrN2O. The SMILES string of the molecule is CNCC(C)C(=O)Nc1ccc(Br)cc1.